The molecule has 0 radical (unpaired) electrons. The van der Waals surface area contributed by atoms with Crippen LogP contribution in [-0.4, -0.2) is 45.5 Å². The fourth-order valence-electron chi connectivity index (χ4n) is 2.94. The summed E-state index contributed by atoms with van der Waals surface area (Å²) in [6, 6.07) is 6.66. The van der Waals surface area contributed by atoms with Crippen LogP contribution in [0.25, 0.3) is 10.9 Å². The lowest BCUT2D eigenvalue weighted by molar-refractivity contribution is -0.157. The van der Waals surface area contributed by atoms with Gasteiger partial charge in [-0.3, -0.25) is 9.59 Å². The number of carboxylic acids is 1. The summed E-state index contributed by atoms with van der Waals surface area (Å²) >= 11 is 0. The van der Waals surface area contributed by atoms with Gasteiger partial charge in [0, 0.05) is 29.9 Å². The van der Waals surface area contributed by atoms with Gasteiger partial charge in [0.1, 0.15) is 6.04 Å². The summed E-state index contributed by atoms with van der Waals surface area (Å²) in [4.78, 5) is 39.1. The van der Waals surface area contributed by atoms with Crippen LogP contribution in [0.1, 0.15) is 18.2 Å². The number of fused-ring (bicyclic) bond motifs is 3. The molecular weight excluding hydrogens is 300 g/mol. The summed E-state index contributed by atoms with van der Waals surface area (Å²) < 4.78 is 4.70. The molecule has 1 aromatic carbocycles. The highest BCUT2D eigenvalue weighted by atomic mass is 16.5. The number of amides is 1. The Labute approximate surface area is 131 Å². The molecule has 2 aromatic rings. The van der Waals surface area contributed by atoms with Crippen LogP contribution < -0.4 is 0 Å². The van der Waals surface area contributed by atoms with Crippen LogP contribution >= 0.6 is 0 Å². The van der Waals surface area contributed by atoms with Crippen molar-refractivity contribution >= 4 is 28.7 Å². The van der Waals surface area contributed by atoms with E-state index in [1.165, 1.54) is 11.8 Å². The number of nitrogens with one attached hydrogen (secondary N) is 1. The van der Waals surface area contributed by atoms with E-state index in [1.807, 2.05) is 24.3 Å². The predicted octanol–water partition coefficient (Wildman–Crippen LogP) is 1.07. The van der Waals surface area contributed by atoms with Crippen molar-refractivity contribution in [3.05, 3.63) is 35.5 Å². The van der Waals surface area contributed by atoms with Crippen molar-refractivity contribution in [2.75, 3.05) is 6.61 Å². The molecule has 0 saturated carbocycles. The van der Waals surface area contributed by atoms with Crippen molar-refractivity contribution in [3.8, 4) is 0 Å². The number of ether oxygens (including phenoxy) is 1. The number of hydrogen-bond acceptors (Lipinski definition) is 4. The van der Waals surface area contributed by atoms with Crippen LogP contribution in [0, 0.1) is 0 Å². The smallest absolute Gasteiger partial charge is 0.326 e. The van der Waals surface area contributed by atoms with Crippen molar-refractivity contribution < 1.29 is 24.2 Å². The normalized spacial score (nSPS) is 16.9. The number of esters is 1. The average molecular weight is 316 g/mol. The summed E-state index contributed by atoms with van der Waals surface area (Å²) in [5.41, 5.74) is 2.65. The molecule has 0 unspecified atom stereocenters. The topological polar surface area (TPSA) is 99.7 Å². The minimum absolute atomic E-state index is 0.154. The van der Waals surface area contributed by atoms with Crippen molar-refractivity contribution in [1.29, 1.82) is 0 Å². The van der Waals surface area contributed by atoms with E-state index in [0.717, 1.165) is 22.2 Å². The van der Waals surface area contributed by atoms with E-state index >= 15 is 0 Å². The van der Waals surface area contributed by atoms with E-state index in [1.54, 1.807) is 0 Å². The van der Waals surface area contributed by atoms with Crippen LogP contribution in [0.4, 0.5) is 0 Å². The molecule has 1 aliphatic rings. The molecule has 0 aliphatic carbocycles. The Hall–Kier alpha value is -2.83. The minimum Gasteiger partial charge on any atom is -0.480 e. The second-order valence-corrected chi connectivity index (χ2v) is 5.49. The van der Waals surface area contributed by atoms with Crippen LogP contribution in [0.2, 0.25) is 0 Å². The molecule has 23 heavy (non-hydrogen) atoms. The van der Waals surface area contributed by atoms with E-state index in [4.69, 9.17) is 4.74 Å². The van der Waals surface area contributed by atoms with E-state index in [0.29, 0.717) is 0 Å². The maximum absolute atomic E-state index is 12.2. The van der Waals surface area contributed by atoms with Gasteiger partial charge >= 0.3 is 11.9 Å². The predicted molar refractivity (Wildman–Crippen MR) is 80.6 cm³/mol. The van der Waals surface area contributed by atoms with Crippen molar-refractivity contribution in [1.82, 2.24) is 9.88 Å². The van der Waals surface area contributed by atoms with Crippen LogP contribution in [-0.2, 0) is 32.1 Å². The third-order valence-electron chi connectivity index (χ3n) is 4.01. The Balaban J connectivity index is 1.93. The van der Waals surface area contributed by atoms with Gasteiger partial charge in [0.15, 0.2) is 6.61 Å². The number of benzene rings is 1. The maximum Gasteiger partial charge on any atom is 0.326 e. The summed E-state index contributed by atoms with van der Waals surface area (Å²) in [5, 5.41) is 10.4. The van der Waals surface area contributed by atoms with Gasteiger partial charge in [0.2, 0.25) is 0 Å². The molecule has 2 heterocycles. The molecule has 2 N–H and O–H groups in total. The van der Waals surface area contributed by atoms with Gasteiger partial charge in [-0.1, -0.05) is 18.2 Å². The minimum atomic E-state index is -1.07. The molecule has 7 nitrogen and oxygen atoms in total. The molecule has 1 aliphatic heterocycles. The van der Waals surface area contributed by atoms with Gasteiger partial charge < -0.3 is 19.7 Å². The zero-order valence-corrected chi connectivity index (χ0v) is 12.5. The van der Waals surface area contributed by atoms with Gasteiger partial charge in [-0.05, 0) is 11.6 Å². The first-order valence-corrected chi connectivity index (χ1v) is 7.21. The molecule has 0 spiro atoms. The number of carboxylic acid groups (broad SMARTS) is 1. The molecule has 120 valence electrons. The lowest BCUT2D eigenvalue weighted by Gasteiger charge is -2.32. The van der Waals surface area contributed by atoms with Crippen LogP contribution in [0.3, 0.4) is 0 Å². The number of aromatic nitrogens is 1. The maximum atomic E-state index is 12.2. The first-order chi connectivity index (χ1) is 11.0. The van der Waals surface area contributed by atoms with Crippen molar-refractivity contribution in [2.24, 2.45) is 0 Å². The van der Waals surface area contributed by atoms with Gasteiger partial charge in [-0.2, -0.15) is 0 Å². The highest BCUT2D eigenvalue weighted by Gasteiger charge is 2.36. The average Bonchev–Trinajstić information content (AvgIpc) is 2.88. The number of hydrogen-bond donors (Lipinski definition) is 2. The number of nitrogens with zero attached hydrogens (tertiary/aromatic N) is 1. The van der Waals surface area contributed by atoms with E-state index in [-0.39, 0.29) is 13.0 Å². The second-order valence-electron chi connectivity index (χ2n) is 5.49. The van der Waals surface area contributed by atoms with Crippen LogP contribution in [0.5, 0.6) is 0 Å². The van der Waals surface area contributed by atoms with Gasteiger partial charge in [0.25, 0.3) is 5.91 Å². The molecule has 1 amide bonds. The quantitative estimate of drug-likeness (QED) is 0.825. The SMILES string of the molecule is CC(=O)OCC(=O)N1Cc2[nH]c3ccccc3c2C[C@H]1C(=O)O. The fourth-order valence-corrected chi connectivity index (χ4v) is 2.94. The highest BCUT2D eigenvalue weighted by molar-refractivity contribution is 5.90. The van der Waals surface area contributed by atoms with Crippen LogP contribution in [0.15, 0.2) is 24.3 Å². The van der Waals surface area contributed by atoms with Crippen molar-refractivity contribution in [3.63, 3.8) is 0 Å². The Kier molecular flexibility index (Phi) is 3.77. The number of carbonyl (C=O) groups excluding carboxylic acids is 2. The second kappa shape index (κ2) is 5.75. The molecule has 1 atom stereocenters. The van der Waals surface area contributed by atoms with Crippen molar-refractivity contribution in [2.45, 2.75) is 25.9 Å². The number of rotatable bonds is 3. The fraction of sp³-hybridized carbons (Fsp3) is 0.312. The summed E-state index contributed by atoms with van der Waals surface area (Å²) in [5.74, 6) is -2.16. The lowest BCUT2D eigenvalue weighted by atomic mass is 9.96. The van der Waals surface area contributed by atoms with Gasteiger partial charge in [0.05, 0.1) is 6.54 Å². The number of H-pyrrole nitrogens is 1. The monoisotopic (exact) mass is 316 g/mol. The number of para-hydroxylation sites is 1. The highest BCUT2D eigenvalue weighted by Crippen LogP contribution is 2.30. The molecular formula is C16H16N2O5. The molecule has 0 saturated heterocycles. The third kappa shape index (κ3) is 2.77. The van der Waals surface area contributed by atoms with Gasteiger partial charge in [-0.15, -0.1) is 0 Å². The zero-order valence-electron chi connectivity index (χ0n) is 12.5. The Morgan fingerprint density at radius 1 is 1.35 bits per heavy atom. The standard InChI is InChI=1S/C16H16N2O5/c1-9(19)23-8-15(20)18-7-13-11(6-14(18)16(21)22)10-4-2-3-5-12(10)17-13/h2-5,14,17H,6-8H2,1H3,(H,21,22)/t14-/m0/s1. The molecule has 3 rings (SSSR count). The third-order valence-corrected chi connectivity index (χ3v) is 4.01. The summed E-state index contributed by atoms with van der Waals surface area (Å²) in [7, 11) is 0. The summed E-state index contributed by atoms with van der Waals surface area (Å²) in [6.45, 7) is 0.906. The number of carbonyl (C=O) groups is 3. The largest absolute Gasteiger partial charge is 0.480 e. The van der Waals surface area contributed by atoms with Gasteiger partial charge in [-0.25, -0.2) is 4.79 Å². The first-order valence-electron chi connectivity index (χ1n) is 7.21. The number of aromatic amines is 1. The zero-order chi connectivity index (χ0) is 16.6. The van der Waals surface area contributed by atoms with E-state index in [2.05, 4.69) is 4.98 Å². The van der Waals surface area contributed by atoms with E-state index < -0.39 is 30.5 Å². The number of aliphatic carboxylic acids is 1. The molecule has 1 aromatic heterocycles. The first kappa shape index (κ1) is 15.1. The van der Waals surface area contributed by atoms with E-state index in [9.17, 15) is 19.5 Å². The Morgan fingerprint density at radius 3 is 2.78 bits per heavy atom. The summed E-state index contributed by atoms with van der Waals surface area (Å²) in [6.07, 6.45) is 0.223. The lowest BCUT2D eigenvalue weighted by Crippen LogP contribution is -2.49. The molecule has 0 fully saturated rings. The Morgan fingerprint density at radius 2 is 2.09 bits per heavy atom. The molecule has 0 bridgehead atoms. The molecule has 7 heteroatoms. The Bertz CT molecular complexity index is 795.